The number of likely N-dealkylation sites (tertiary alicyclic amines) is 1. The highest BCUT2D eigenvalue weighted by Crippen LogP contribution is 2.33. The first kappa shape index (κ1) is 16.5. The van der Waals surface area contributed by atoms with Crippen LogP contribution in [0.5, 0.6) is 0 Å². The molecular weight excluding hydrogens is 284 g/mol. The van der Waals surface area contributed by atoms with Crippen LogP contribution in [-0.4, -0.2) is 40.5 Å². The van der Waals surface area contributed by atoms with Crippen LogP contribution in [0.3, 0.4) is 0 Å². The second-order valence-electron chi connectivity index (χ2n) is 7.18. The second-order valence-corrected chi connectivity index (χ2v) is 7.18. The van der Waals surface area contributed by atoms with Gasteiger partial charge in [0.1, 0.15) is 11.4 Å². The molecule has 2 heterocycles. The van der Waals surface area contributed by atoms with Crippen LogP contribution in [0.2, 0.25) is 0 Å². The number of carbonyl (C=O) groups is 2. The molecule has 6 heteroatoms. The zero-order valence-electron chi connectivity index (χ0n) is 14.1. The first-order valence-corrected chi connectivity index (χ1v) is 7.49. The van der Waals surface area contributed by atoms with Crippen molar-refractivity contribution in [2.75, 3.05) is 13.1 Å². The fourth-order valence-corrected chi connectivity index (χ4v) is 2.58. The molecular formula is C16H24N2O4. The lowest BCUT2D eigenvalue weighted by Gasteiger charge is -2.28. The second kappa shape index (κ2) is 5.41. The molecule has 1 aliphatic rings. The van der Waals surface area contributed by atoms with Gasteiger partial charge in [-0.15, -0.1) is 0 Å². The number of esters is 1. The van der Waals surface area contributed by atoms with E-state index >= 15 is 0 Å². The van der Waals surface area contributed by atoms with Crippen molar-refractivity contribution in [2.45, 2.75) is 53.6 Å². The summed E-state index contributed by atoms with van der Waals surface area (Å²) in [7, 11) is 0. The quantitative estimate of drug-likeness (QED) is 0.785. The first-order valence-electron chi connectivity index (χ1n) is 7.49. The number of hydrogen-bond donors (Lipinski definition) is 0. The van der Waals surface area contributed by atoms with E-state index in [0.717, 1.165) is 0 Å². The summed E-state index contributed by atoms with van der Waals surface area (Å²) in [4.78, 5) is 30.7. The van der Waals surface area contributed by atoms with Crippen molar-refractivity contribution < 1.29 is 18.7 Å². The minimum absolute atomic E-state index is 0.193. The van der Waals surface area contributed by atoms with Crippen molar-refractivity contribution in [1.29, 1.82) is 0 Å². The van der Waals surface area contributed by atoms with Gasteiger partial charge in [0, 0.05) is 20.0 Å². The molecule has 2 rings (SSSR count). The minimum Gasteiger partial charge on any atom is -0.459 e. The van der Waals surface area contributed by atoms with E-state index in [4.69, 9.17) is 9.15 Å². The topological polar surface area (TPSA) is 72.6 Å². The maximum atomic E-state index is 12.5. The summed E-state index contributed by atoms with van der Waals surface area (Å²) >= 11 is 0. The average Bonchev–Trinajstić information content (AvgIpc) is 2.91. The van der Waals surface area contributed by atoms with Crippen LogP contribution in [0.15, 0.2) is 4.42 Å². The van der Waals surface area contributed by atoms with Crippen molar-refractivity contribution in [2.24, 2.45) is 5.41 Å². The SMILES string of the molecule is Cc1nc(C(=O)N2CC[C@](C)(C(=O)OC(C)(C)C)C2)c(C)o1. The molecule has 22 heavy (non-hydrogen) atoms. The van der Waals surface area contributed by atoms with Crippen molar-refractivity contribution in [3.63, 3.8) is 0 Å². The van der Waals surface area contributed by atoms with Crippen molar-refractivity contribution >= 4 is 11.9 Å². The molecule has 0 spiro atoms. The summed E-state index contributed by atoms with van der Waals surface area (Å²) in [5, 5.41) is 0. The van der Waals surface area contributed by atoms with Crippen LogP contribution in [0.4, 0.5) is 0 Å². The molecule has 122 valence electrons. The Morgan fingerprint density at radius 1 is 1.32 bits per heavy atom. The molecule has 1 aromatic rings. The highest BCUT2D eigenvalue weighted by molar-refractivity contribution is 5.94. The molecule has 6 nitrogen and oxygen atoms in total. The van der Waals surface area contributed by atoms with E-state index < -0.39 is 11.0 Å². The zero-order chi connectivity index (χ0) is 16.7. The number of aryl methyl sites for hydroxylation is 2. The number of oxazole rings is 1. The summed E-state index contributed by atoms with van der Waals surface area (Å²) in [5.74, 6) is 0.522. The molecule has 0 aliphatic carbocycles. The normalized spacial score (nSPS) is 22.0. The fraction of sp³-hybridized carbons (Fsp3) is 0.688. The summed E-state index contributed by atoms with van der Waals surface area (Å²) in [6, 6.07) is 0. The lowest BCUT2D eigenvalue weighted by molar-refractivity contribution is -0.165. The molecule has 0 radical (unpaired) electrons. The molecule has 1 aliphatic heterocycles. The van der Waals surface area contributed by atoms with Crippen LogP contribution in [0, 0.1) is 19.3 Å². The van der Waals surface area contributed by atoms with Crippen LogP contribution in [0.1, 0.15) is 56.3 Å². The molecule has 1 fully saturated rings. The van der Waals surface area contributed by atoms with Gasteiger partial charge in [-0.05, 0) is 41.0 Å². The predicted molar refractivity (Wildman–Crippen MR) is 80.4 cm³/mol. The van der Waals surface area contributed by atoms with E-state index in [9.17, 15) is 9.59 Å². The lowest BCUT2D eigenvalue weighted by Crippen LogP contribution is -2.39. The van der Waals surface area contributed by atoms with Gasteiger partial charge in [-0.1, -0.05) is 0 Å². The molecule has 1 amide bonds. The number of rotatable bonds is 2. The largest absolute Gasteiger partial charge is 0.459 e. The average molecular weight is 308 g/mol. The van der Waals surface area contributed by atoms with E-state index in [1.54, 1.807) is 18.7 Å². The molecule has 0 N–H and O–H groups in total. The van der Waals surface area contributed by atoms with Gasteiger partial charge < -0.3 is 14.1 Å². The fourth-order valence-electron chi connectivity index (χ4n) is 2.58. The number of carbonyl (C=O) groups excluding carboxylic acids is 2. The Bertz CT molecular complexity index is 600. The van der Waals surface area contributed by atoms with Gasteiger partial charge in [-0.2, -0.15) is 0 Å². The molecule has 0 bridgehead atoms. The number of nitrogens with zero attached hydrogens (tertiary/aromatic N) is 2. The van der Waals surface area contributed by atoms with Gasteiger partial charge in [-0.3, -0.25) is 9.59 Å². The Hall–Kier alpha value is -1.85. The van der Waals surface area contributed by atoms with Crippen LogP contribution < -0.4 is 0 Å². The van der Waals surface area contributed by atoms with Gasteiger partial charge in [0.15, 0.2) is 11.6 Å². The van der Waals surface area contributed by atoms with E-state index in [0.29, 0.717) is 36.9 Å². The highest BCUT2D eigenvalue weighted by Gasteiger charge is 2.45. The number of aromatic nitrogens is 1. The summed E-state index contributed by atoms with van der Waals surface area (Å²) in [5.41, 5.74) is -0.876. The monoisotopic (exact) mass is 308 g/mol. The number of hydrogen-bond acceptors (Lipinski definition) is 5. The molecule has 1 atom stereocenters. The number of ether oxygens (including phenoxy) is 1. The van der Waals surface area contributed by atoms with Gasteiger partial charge >= 0.3 is 5.97 Å². The summed E-state index contributed by atoms with van der Waals surface area (Å²) < 4.78 is 10.8. The van der Waals surface area contributed by atoms with Crippen LogP contribution >= 0.6 is 0 Å². The Morgan fingerprint density at radius 2 is 1.95 bits per heavy atom. The van der Waals surface area contributed by atoms with Crippen LogP contribution in [-0.2, 0) is 9.53 Å². The Morgan fingerprint density at radius 3 is 2.45 bits per heavy atom. The molecule has 0 unspecified atom stereocenters. The van der Waals surface area contributed by atoms with Crippen molar-refractivity contribution in [1.82, 2.24) is 9.88 Å². The van der Waals surface area contributed by atoms with E-state index in [1.165, 1.54) is 0 Å². The predicted octanol–water partition coefficient (Wildman–Crippen LogP) is 2.49. The highest BCUT2D eigenvalue weighted by atomic mass is 16.6. The van der Waals surface area contributed by atoms with E-state index in [1.807, 2.05) is 27.7 Å². The van der Waals surface area contributed by atoms with E-state index in [2.05, 4.69) is 4.98 Å². The maximum Gasteiger partial charge on any atom is 0.314 e. The van der Waals surface area contributed by atoms with Crippen LogP contribution in [0.25, 0.3) is 0 Å². The molecule has 1 saturated heterocycles. The van der Waals surface area contributed by atoms with Gasteiger partial charge in [0.05, 0.1) is 5.41 Å². The molecule has 0 aromatic carbocycles. The minimum atomic E-state index is -0.671. The Kier molecular flexibility index (Phi) is 4.06. The smallest absolute Gasteiger partial charge is 0.314 e. The third-order valence-electron chi connectivity index (χ3n) is 3.76. The third-order valence-corrected chi connectivity index (χ3v) is 3.76. The Balaban J connectivity index is 2.10. The van der Waals surface area contributed by atoms with Crippen molar-refractivity contribution in [3.8, 4) is 0 Å². The summed E-state index contributed by atoms with van der Waals surface area (Å²) in [6.45, 7) is 11.6. The number of amides is 1. The lowest BCUT2D eigenvalue weighted by atomic mass is 9.90. The first-order chi connectivity index (χ1) is 10.0. The summed E-state index contributed by atoms with van der Waals surface area (Å²) in [6.07, 6.45) is 0.587. The van der Waals surface area contributed by atoms with Gasteiger partial charge in [0.25, 0.3) is 5.91 Å². The maximum absolute atomic E-state index is 12.5. The Labute approximate surface area is 130 Å². The third kappa shape index (κ3) is 3.31. The van der Waals surface area contributed by atoms with Gasteiger partial charge in [0.2, 0.25) is 0 Å². The van der Waals surface area contributed by atoms with E-state index in [-0.39, 0.29) is 11.9 Å². The zero-order valence-corrected chi connectivity index (χ0v) is 14.1. The molecule has 0 saturated carbocycles. The van der Waals surface area contributed by atoms with Gasteiger partial charge in [-0.25, -0.2) is 4.98 Å². The molecule has 1 aromatic heterocycles. The van der Waals surface area contributed by atoms with Crippen molar-refractivity contribution in [3.05, 3.63) is 17.3 Å². The standard InChI is InChI=1S/C16H24N2O4/c1-10-12(17-11(2)21-10)13(19)18-8-7-16(6,9-18)14(20)22-15(3,4)5/h7-9H2,1-6H3/t16-/m0/s1.